The molecule has 148 valence electrons. The fourth-order valence-corrected chi connectivity index (χ4v) is 3.70. The largest absolute Gasteiger partial charge is 0.384 e. The van der Waals surface area contributed by atoms with Crippen LogP contribution in [0.25, 0.3) is 0 Å². The van der Waals surface area contributed by atoms with Gasteiger partial charge in [-0.2, -0.15) is 0 Å². The van der Waals surface area contributed by atoms with Crippen LogP contribution in [0.4, 0.5) is 5.69 Å². The van der Waals surface area contributed by atoms with E-state index < -0.39 is 5.41 Å². The first kappa shape index (κ1) is 19.8. The summed E-state index contributed by atoms with van der Waals surface area (Å²) in [5, 5.41) is 9.31. The van der Waals surface area contributed by atoms with Gasteiger partial charge in [-0.1, -0.05) is 0 Å². The lowest BCUT2D eigenvalue weighted by Gasteiger charge is -2.35. The van der Waals surface area contributed by atoms with Crippen LogP contribution in [0, 0.1) is 5.41 Å². The van der Waals surface area contributed by atoms with E-state index in [9.17, 15) is 9.59 Å². The van der Waals surface area contributed by atoms with Gasteiger partial charge in [-0.3, -0.25) is 9.59 Å². The molecule has 0 spiro atoms. The summed E-state index contributed by atoms with van der Waals surface area (Å²) >= 11 is 0. The van der Waals surface area contributed by atoms with Crippen LogP contribution in [0.5, 0.6) is 0 Å². The molecule has 0 bridgehead atoms. The molecule has 2 fully saturated rings. The Morgan fingerprint density at radius 1 is 1.19 bits per heavy atom. The van der Waals surface area contributed by atoms with Gasteiger partial charge in [0.2, 0.25) is 5.91 Å². The van der Waals surface area contributed by atoms with E-state index in [0.717, 1.165) is 38.8 Å². The number of hydrogen-bond donors (Lipinski definition) is 3. The fourth-order valence-electron chi connectivity index (χ4n) is 3.70. The maximum Gasteiger partial charge on any atom is 0.251 e. The summed E-state index contributed by atoms with van der Waals surface area (Å²) in [6, 6.07) is 7.21. The van der Waals surface area contributed by atoms with E-state index in [1.54, 1.807) is 31.4 Å². The molecule has 2 saturated heterocycles. The summed E-state index contributed by atoms with van der Waals surface area (Å²) in [7, 11) is 1.63. The molecule has 0 unspecified atom stereocenters. The van der Waals surface area contributed by atoms with Crippen LogP contribution in [0.1, 0.15) is 36.0 Å². The highest BCUT2D eigenvalue weighted by molar-refractivity contribution is 5.97. The Balaban J connectivity index is 1.59. The van der Waals surface area contributed by atoms with Crippen LogP contribution in [0.2, 0.25) is 0 Å². The number of piperidine rings is 1. The van der Waals surface area contributed by atoms with Crippen molar-refractivity contribution in [2.24, 2.45) is 5.41 Å². The predicted octanol–water partition coefficient (Wildman–Crippen LogP) is 1.55. The Labute approximate surface area is 160 Å². The van der Waals surface area contributed by atoms with Crippen molar-refractivity contribution in [2.75, 3.05) is 45.3 Å². The quantitative estimate of drug-likeness (QED) is 0.702. The summed E-state index contributed by atoms with van der Waals surface area (Å²) in [6.45, 7) is 3.40. The third-order valence-electron chi connectivity index (χ3n) is 5.42. The second-order valence-electron chi connectivity index (χ2n) is 7.35. The van der Waals surface area contributed by atoms with Crippen molar-refractivity contribution >= 4 is 17.5 Å². The molecule has 0 aliphatic carbocycles. The molecule has 0 radical (unpaired) electrons. The highest BCUT2D eigenvalue weighted by atomic mass is 16.5. The molecule has 0 saturated carbocycles. The van der Waals surface area contributed by atoms with E-state index in [0.29, 0.717) is 31.1 Å². The van der Waals surface area contributed by atoms with Crippen LogP contribution in [0.15, 0.2) is 24.3 Å². The zero-order valence-corrected chi connectivity index (χ0v) is 15.9. The van der Waals surface area contributed by atoms with E-state index in [2.05, 4.69) is 16.0 Å². The maximum atomic E-state index is 12.9. The number of nitrogens with one attached hydrogen (secondary N) is 3. The van der Waals surface area contributed by atoms with E-state index in [1.807, 2.05) is 0 Å². The highest BCUT2D eigenvalue weighted by Crippen LogP contribution is 2.31. The molecule has 3 N–H and O–H groups in total. The first-order valence-corrected chi connectivity index (χ1v) is 9.63. The average Bonchev–Trinajstić information content (AvgIpc) is 2.70. The first-order chi connectivity index (χ1) is 13.1. The molecule has 7 nitrogen and oxygen atoms in total. The zero-order valence-electron chi connectivity index (χ0n) is 15.9. The lowest BCUT2D eigenvalue weighted by Crippen LogP contribution is -2.47. The summed E-state index contributed by atoms with van der Waals surface area (Å²) < 4.78 is 10.6. The lowest BCUT2D eigenvalue weighted by molar-refractivity contribution is -0.130. The summed E-state index contributed by atoms with van der Waals surface area (Å²) in [5.74, 6) is -0.112. The molecular formula is C20H29N3O4. The van der Waals surface area contributed by atoms with Crippen LogP contribution in [-0.2, 0) is 14.3 Å². The van der Waals surface area contributed by atoms with Crippen molar-refractivity contribution < 1.29 is 19.1 Å². The second kappa shape index (κ2) is 9.30. The molecule has 2 aliphatic rings. The van der Waals surface area contributed by atoms with Gasteiger partial charge in [-0.05, 0) is 63.0 Å². The standard InChI is InChI=1S/C20H29N3O4/c1-26-14-20(8-10-21-11-9-20)19(25)23-16-4-2-15(3-5-16)18(24)22-17-6-12-27-13-7-17/h2-5,17,21H,6-14H2,1H3,(H,22,24)(H,23,25). The fraction of sp³-hybridized carbons (Fsp3) is 0.600. The Bertz CT molecular complexity index is 630. The highest BCUT2D eigenvalue weighted by Gasteiger charge is 2.39. The number of anilines is 1. The molecule has 1 aromatic carbocycles. The second-order valence-corrected chi connectivity index (χ2v) is 7.35. The zero-order chi connectivity index (χ0) is 19.1. The predicted molar refractivity (Wildman–Crippen MR) is 103 cm³/mol. The van der Waals surface area contributed by atoms with E-state index in [1.165, 1.54) is 0 Å². The Morgan fingerprint density at radius 2 is 1.85 bits per heavy atom. The van der Waals surface area contributed by atoms with Crippen LogP contribution in [0.3, 0.4) is 0 Å². The van der Waals surface area contributed by atoms with Gasteiger partial charge in [0.15, 0.2) is 0 Å². The molecule has 0 atom stereocenters. The van der Waals surface area contributed by atoms with Crippen LogP contribution >= 0.6 is 0 Å². The third kappa shape index (κ3) is 5.06. The number of rotatable bonds is 6. The molecule has 3 rings (SSSR count). The van der Waals surface area contributed by atoms with Crippen LogP contribution < -0.4 is 16.0 Å². The van der Waals surface area contributed by atoms with Gasteiger partial charge < -0.3 is 25.4 Å². The number of amides is 2. The van der Waals surface area contributed by atoms with Gasteiger partial charge in [-0.25, -0.2) is 0 Å². The average molecular weight is 375 g/mol. The van der Waals surface area contributed by atoms with E-state index >= 15 is 0 Å². The molecular weight excluding hydrogens is 346 g/mol. The van der Waals surface area contributed by atoms with Crippen molar-refractivity contribution in [1.82, 2.24) is 10.6 Å². The Hall–Kier alpha value is -1.96. The molecule has 2 heterocycles. The summed E-state index contributed by atoms with van der Waals surface area (Å²) in [6.07, 6.45) is 3.18. The summed E-state index contributed by atoms with van der Waals surface area (Å²) in [4.78, 5) is 25.2. The number of hydrogen-bond acceptors (Lipinski definition) is 5. The molecule has 27 heavy (non-hydrogen) atoms. The lowest BCUT2D eigenvalue weighted by atomic mass is 9.78. The monoisotopic (exact) mass is 375 g/mol. The van der Waals surface area contributed by atoms with Crippen molar-refractivity contribution in [3.05, 3.63) is 29.8 Å². The smallest absolute Gasteiger partial charge is 0.251 e. The topological polar surface area (TPSA) is 88.7 Å². The Kier molecular flexibility index (Phi) is 6.82. The van der Waals surface area contributed by atoms with E-state index in [4.69, 9.17) is 9.47 Å². The SMILES string of the molecule is COCC1(C(=O)Nc2ccc(C(=O)NC3CCOCC3)cc2)CCNCC1. The number of ether oxygens (including phenoxy) is 2. The normalized spacial score (nSPS) is 20.0. The molecule has 2 aliphatic heterocycles. The third-order valence-corrected chi connectivity index (χ3v) is 5.42. The van der Waals surface area contributed by atoms with E-state index in [-0.39, 0.29) is 17.9 Å². The van der Waals surface area contributed by atoms with Crippen molar-refractivity contribution in [2.45, 2.75) is 31.7 Å². The number of carbonyl (C=O) groups excluding carboxylic acids is 2. The van der Waals surface area contributed by atoms with Crippen molar-refractivity contribution in [3.63, 3.8) is 0 Å². The Morgan fingerprint density at radius 3 is 2.48 bits per heavy atom. The maximum absolute atomic E-state index is 12.9. The minimum atomic E-state index is -0.501. The molecule has 0 aromatic heterocycles. The summed E-state index contributed by atoms with van der Waals surface area (Å²) in [5.41, 5.74) is 0.781. The number of carbonyl (C=O) groups is 2. The van der Waals surface area contributed by atoms with Gasteiger partial charge in [0.25, 0.3) is 5.91 Å². The molecule has 2 amide bonds. The van der Waals surface area contributed by atoms with Crippen LogP contribution in [-0.4, -0.2) is 57.9 Å². The van der Waals surface area contributed by atoms with Gasteiger partial charge in [0, 0.05) is 37.6 Å². The molecule has 1 aromatic rings. The van der Waals surface area contributed by atoms with Crippen molar-refractivity contribution in [3.8, 4) is 0 Å². The van der Waals surface area contributed by atoms with Gasteiger partial charge >= 0.3 is 0 Å². The van der Waals surface area contributed by atoms with Gasteiger partial charge in [0.05, 0.1) is 12.0 Å². The van der Waals surface area contributed by atoms with Gasteiger partial charge in [0.1, 0.15) is 0 Å². The minimum Gasteiger partial charge on any atom is -0.384 e. The number of methoxy groups -OCH3 is 1. The van der Waals surface area contributed by atoms with Gasteiger partial charge in [-0.15, -0.1) is 0 Å². The first-order valence-electron chi connectivity index (χ1n) is 9.63. The molecule has 7 heteroatoms. The minimum absolute atomic E-state index is 0.0229. The number of benzene rings is 1. The van der Waals surface area contributed by atoms with Crippen molar-refractivity contribution in [1.29, 1.82) is 0 Å².